The Bertz CT molecular complexity index is 1420. The van der Waals surface area contributed by atoms with Crippen LogP contribution in [0.3, 0.4) is 0 Å². The maximum Gasteiger partial charge on any atom is 0.326 e. The van der Waals surface area contributed by atoms with E-state index in [0.717, 1.165) is 23.7 Å². The zero-order valence-electron chi connectivity index (χ0n) is 17.4. The Hall–Kier alpha value is -3.38. The molecular formula is C20H19N3O7S2. The Balaban J connectivity index is 2.17. The van der Waals surface area contributed by atoms with Gasteiger partial charge in [-0.15, -0.1) is 0 Å². The second-order valence-electron chi connectivity index (χ2n) is 6.85. The van der Waals surface area contributed by atoms with Gasteiger partial charge >= 0.3 is 5.97 Å². The summed E-state index contributed by atoms with van der Waals surface area (Å²) >= 11 is 1.02. The summed E-state index contributed by atoms with van der Waals surface area (Å²) in [6.45, 7) is 3.14. The lowest BCUT2D eigenvalue weighted by molar-refractivity contribution is -0.385. The molecule has 1 heterocycles. The van der Waals surface area contributed by atoms with E-state index in [9.17, 15) is 28.1 Å². The molecule has 3 rings (SSSR count). The lowest BCUT2D eigenvalue weighted by Gasteiger charge is -2.05. The van der Waals surface area contributed by atoms with E-state index in [-0.39, 0.29) is 34.1 Å². The van der Waals surface area contributed by atoms with Crippen molar-refractivity contribution < 1.29 is 27.7 Å². The van der Waals surface area contributed by atoms with Gasteiger partial charge in [0, 0.05) is 23.4 Å². The van der Waals surface area contributed by atoms with Crippen molar-refractivity contribution in [3.05, 3.63) is 62.4 Å². The Morgan fingerprint density at radius 3 is 2.56 bits per heavy atom. The van der Waals surface area contributed by atoms with Gasteiger partial charge < -0.3 is 9.30 Å². The Morgan fingerprint density at radius 1 is 1.22 bits per heavy atom. The van der Waals surface area contributed by atoms with Gasteiger partial charge in [-0.05, 0) is 38.1 Å². The second-order valence-corrected chi connectivity index (χ2v) is 9.88. The van der Waals surface area contributed by atoms with E-state index < -0.39 is 26.6 Å². The van der Waals surface area contributed by atoms with Crippen molar-refractivity contribution in [3.63, 3.8) is 0 Å². The highest BCUT2D eigenvalue weighted by molar-refractivity contribution is 7.90. The van der Waals surface area contributed by atoms with Crippen LogP contribution in [0.15, 0.2) is 46.3 Å². The number of nitrogens with zero attached hydrogens (tertiary/aromatic N) is 3. The zero-order valence-corrected chi connectivity index (χ0v) is 19.0. The fraction of sp³-hybridized carbons (Fsp3) is 0.250. The molecule has 2 aromatic carbocycles. The molecule has 0 aliphatic carbocycles. The number of esters is 1. The topological polar surface area (TPSA) is 138 Å². The quantitative estimate of drug-likeness (QED) is 0.302. The third kappa shape index (κ3) is 4.92. The summed E-state index contributed by atoms with van der Waals surface area (Å²) in [7, 11) is -3.47. The van der Waals surface area contributed by atoms with Gasteiger partial charge in [-0.3, -0.25) is 19.7 Å². The minimum atomic E-state index is -3.47. The van der Waals surface area contributed by atoms with Crippen molar-refractivity contribution in [2.24, 2.45) is 4.99 Å². The number of ether oxygens (including phenoxy) is 1. The Morgan fingerprint density at radius 2 is 1.94 bits per heavy atom. The molecule has 0 bridgehead atoms. The van der Waals surface area contributed by atoms with Crippen LogP contribution in [-0.2, 0) is 25.9 Å². The van der Waals surface area contributed by atoms with Crippen LogP contribution in [0.2, 0.25) is 0 Å². The van der Waals surface area contributed by atoms with Crippen molar-refractivity contribution in [1.29, 1.82) is 0 Å². The molecule has 12 heteroatoms. The van der Waals surface area contributed by atoms with Crippen molar-refractivity contribution in [2.75, 3.05) is 12.9 Å². The number of fused-ring (bicyclic) bond motifs is 1. The van der Waals surface area contributed by atoms with E-state index in [0.29, 0.717) is 15.8 Å². The highest BCUT2D eigenvalue weighted by atomic mass is 32.2. The molecule has 0 unspecified atom stereocenters. The van der Waals surface area contributed by atoms with Crippen LogP contribution >= 0.6 is 11.3 Å². The third-order valence-electron chi connectivity index (χ3n) is 4.52. The van der Waals surface area contributed by atoms with Gasteiger partial charge in [0.15, 0.2) is 14.6 Å². The first-order chi connectivity index (χ1) is 15.0. The van der Waals surface area contributed by atoms with E-state index >= 15 is 0 Å². The fourth-order valence-electron chi connectivity index (χ4n) is 2.95. The monoisotopic (exact) mass is 477 g/mol. The molecule has 0 saturated heterocycles. The number of amides is 1. The highest BCUT2D eigenvalue weighted by Gasteiger charge is 2.18. The van der Waals surface area contributed by atoms with Gasteiger partial charge in [0.1, 0.15) is 6.54 Å². The number of aromatic nitrogens is 1. The molecule has 0 aliphatic heterocycles. The van der Waals surface area contributed by atoms with Gasteiger partial charge in [0.05, 0.1) is 26.6 Å². The Kier molecular flexibility index (Phi) is 6.55. The molecule has 0 radical (unpaired) electrons. The summed E-state index contributed by atoms with van der Waals surface area (Å²) in [4.78, 5) is 39.7. The average molecular weight is 478 g/mol. The van der Waals surface area contributed by atoms with Gasteiger partial charge in [-0.25, -0.2) is 8.42 Å². The maximum absolute atomic E-state index is 12.8. The van der Waals surface area contributed by atoms with Crippen LogP contribution in [0, 0.1) is 17.0 Å². The molecule has 0 fully saturated rings. The van der Waals surface area contributed by atoms with Gasteiger partial charge in [0.25, 0.3) is 11.6 Å². The first-order valence-electron chi connectivity index (χ1n) is 9.34. The number of nitro groups is 1. The number of hydrogen-bond acceptors (Lipinski definition) is 8. The fourth-order valence-corrected chi connectivity index (χ4v) is 4.74. The van der Waals surface area contributed by atoms with E-state index in [2.05, 4.69) is 4.99 Å². The molecule has 168 valence electrons. The number of hydrogen-bond donors (Lipinski definition) is 0. The van der Waals surface area contributed by atoms with Gasteiger partial charge in [-0.2, -0.15) is 4.99 Å². The van der Waals surface area contributed by atoms with Crippen LogP contribution in [0.25, 0.3) is 10.2 Å². The van der Waals surface area contributed by atoms with Crippen LogP contribution in [0.4, 0.5) is 5.69 Å². The molecule has 1 amide bonds. The SMILES string of the molecule is CCOC(=O)Cn1c(=NC(=O)c2ccc(C)c([N+](=O)[O-])c2)sc2cc(S(C)(=O)=O)ccc21. The lowest BCUT2D eigenvalue weighted by atomic mass is 10.1. The van der Waals surface area contributed by atoms with Crippen LogP contribution in [0.5, 0.6) is 0 Å². The smallest absolute Gasteiger partial charge is 0.326 e. The minimum absolute atomic E-state index is 0.0132. The largest absolute Gasteiger partial charge is 0.465 e. The number of thiazole rings is 1. The van der Waals surface area contributed by atoms with Crippen molar-refractivity contribution >= 4 is 49.0 Å². The first kappa shape index (κ1) is 23.3. The predicted octanol–water partition coefficient (Wildman–Crippen LogP) is 2.63. The normalized spacial score (nSPS) is 12.2. The number of nitro benzene ring substituents is 1. The Labute approximate surface area is 186 Å². The molecule has 1 aromatic heterocycles. The van der Waals surface area contributed by atoms with E-state index in [1.54, 1.807) is 13.8 Å². The van der Waals surface area contributed by atoms with Gasteiger partial charge in [-0.1, -0.05) is 17.4 Å². The molecule has 0 spiro atoms. The first-order valence-corrected chi connectivity index (χ1v) is 12.0. The number of carbonyl (C=O) groups is 2. The van der Waals surface area contributed by atoms with E-state index in [1.165, 1.54) is 34.9 Å². The molecule has 3 aromatic rings. The van der Waals surface area contributed by atoms with Crippen molar-refractivity contribution in [3.8, 4) is 0 Å². The molecule has 10 nitrogen and oxygen atoms in total. The zero-order chi connectivity index (χ0) is 23.6. The molecular weight excluding hydrogens is 458 g/mol. The number of sulfone groups is 1. The van der Waals surface area contributed by atoms with Crippen molar-refractivity contribution in [2.45, 2.75) is 25.3 Å². The standard InChI is InChI=1S/C20H19N3O7S2/c1-4-30-18(24)11-22-15-8-7-14(32(3,28)29)10-17(15)31-20(22)21-19(25)13-6-5-12(2)16(9-13)23(26)27/h5-10H,4,11H2,1-3H3. The van der Waals surface area contributed by atoms with Crippen LogP contribution < -0.4 is 4.80 Å². The molecule has 0 N–H and O–H groups in total. The van der Waals surface area contributed by atoms with Crippen LogP contribution in [0.1, 0.15) is 22.8 Å². The molecule has 0 aliphatic rings. The molecule has 0 saturated carbocycles. The number of carbonyl (C=O) groups excluding carboxylic acids is 2. The average Bonchev–Trinajstić information content (AvgIpc) is 3.03. The summed E-state index contributed by atoms with van der Waals surface area (Å²) in [6, 6.07) is 8.40. The second kappa shape index (κ2) is 9.01. The van der Waals surface area contributed by atoms with E-state index in [1.807, 2.05) is 0 Å². The summed E-state index contributed by atoms with van der Waals surface area (Å²) in [5.41, 5.74) is 0.704. The summed E-state index contributed by atoms with van der Waals surface area (Å²) in [5, 5.41) is 11.2. The third-order valence-corrected chi connectivity index (χ3v) is 6.68. The number of benzene rings is 2. The minimum Gasteiger partial charge on any atom is -0.465 e. The van der Waals surface area contributed by atoms with Crippen molar-refractivity contribution in [1.82, 2.24) is 4.57 Å². The summed E-state index contributed by atoms with van der Waals surface area (Å²) in [6.07, 6.45) is 1.08. The summed E-state index contributed by atoms with van der Waals surface area (Å²) in [5.74, 6) is -1.29. The van der Waals surface area contributed by atoms with Crippen LogP contribution in [-0.4, -0.2) is 42.6 Å². The lowest BCUT2D eigenvalue weighted by Crippen LogP contribution is -2.23. The van der Waals surface area contributed by atoms with Gasteiger partial charge in [0.2, 0.25) is 0 Å². The molecule has 32 heavy (non-hydrogen) atoms. The van der Waals surface area contributed by atoms with E-state index in [4.69, 9.17) is 4.74 Å². The number of rotatable bonds is 6. The molecule has 0 atom stereocenters. The highest BCUT2D eigenvalue weighted by Crippen LogP contribution is 2.23. The summed E-state index contributed by atoms with van der Waals surface area (Å²) < 4.78 is 30.7. The number of aryl methyl sites for hydroxylation is 1. The maximum atomic E-state index is 12.8. The predicted molar refractivity (Wildman–Crippen MR) is 117 cm³/mol.